The third-order valence-electron chi connectivity index (χ3n) is 0. The molecule has 0 radical (unpaired) electrons. The van der Waals surface area contributed by atoms with Crippen LogP contribution in [0.25, 0.3) is 0 Å². The van der Waals surface area contributed by atoms with Crippen molar-refractivity contribution in [1.29, 1.82) is 0 Å². The van der Waals surface area contributed by atoms with E-state index >= 15 is 0 Å². The molecular weight excluding hydrogens is 221 g/mol. The zero-order valence-electron chi connectivity index (χ0n) is 4.70. The molecule has 0 aromatic rings. The summed E-state index contributed by atoms with van der Waals surface area (Å²) >= 11 is 0. The zero-order chi connectivity index (χ0) is 4.50. The molecule has 0 heterocycles. The SMILES string of the molecule is O.O.O.O.O.O=P(O)(O)O.[NaH].[NaH]. The van der Waals surface area contributed by atoms with Crippen molar-refractivity contribution in [1.82, 2.24) is 0 Å². The number of phosphoric acid groups is 1. The first-order chi connectivity index (χ1) is 2.00. The van der Waals surface area contributed by atoms with Crippen LogP contribution in [-0.4, -0.2) is 101 Å². The van der Waals surface area contributed by atoms with Crippen molar-refractivity contribution in [2.75, 3.05) is 0 Å². The quantitative estimate of drug-likeness (QED) is 0.274. The zero-order valence-corrected chi connectivity index (χ0v) is 5.59. The van der Waals surface area contributed by atoms with Crippen molar-refractivity contribution >= 4 is 66.9 Å². The maximum atomic E-state index is 8.88. The summed E-state index contributed by atoms with van der Waals surface area (Å²) in [7, 11) is -4.64. The van der Waals surface area contributed by atoms with E-state index in [2.05, 4.69) is 0 Å². The van der Waals surface area contributed by atoms with E-state index in [0.717, 1.165) is 0 Å². The van der Waals surface area contributed by atoms with Crippen LogP contribution in [0, 0.1) is 0 Å². The molecular formula is H15Na2O9P. The second-order valence-electron chi connectivity index (χ2n) is 0.513. The Morgan fingerprint density at radius 1 is 0.667 bits per heavy atom. The molecule has 13 N–H and O–H groups in total. The first-order valence-electron chi connectivity index (χ1n) is 0.783. The fourth-order valence-electron chi connectivity index (χ4n) is 0. The topological polar surface area (TPSA) is 235 Å². The van der Waals surface area contributed by atoms with Crippen molar-refractivity contribution in [2.45, 2.75) is 0 Å². The van der Waals surface area contributed by atoms with Gasteiger partial charge in [0.2, 0.25) is 0 Å². The van der Waals surface area contributed by atoms with E-state index in [1.54, 1.807) is 0 Å². The number of rotatable bonds is 0. The van der Waals surface area contributed by atoms with E-state index in [4.69, 9.17) is 19.2 Å². The summed E-state index contributed by atoms with van der Waals surface area (Å²) in [6.07, 6.45) is 0. The van der Waals surface area contributed by atoms with E-state index in [-0.39, 0.29) is 86.5 Å². The summed E-state index contributed by atoms with van der Waals surface area (Å²) < 4.78 is 8.88. The second kappa shape index (κ2) is 29.3. The monoisotopic (exact) mass is 236 g/mol. The number of hydrogen-bond donors (Lipinski definition) is 3. The molecule has 12 heavy (non-hydrogen) atoms. The summed E-state index contributed by atoms with van der Waals surface area (Å²) in [6.45, 7) is 0. The molecule has 0 fully saturated rings. The van der Waals surface area contributed by atoms with Crippen LogP contribution in [0.4, 0.5) is 0 Å². The van der Waals surface area contributed by atoms with Gasteiger partial charge in [-0.15, -0.1) is 0 Å². The van der Waals surface area contributed by atoms with E-state index < -0.39 is 7.82 Å². The van der Waals surface area contributed by atoms with E-state index in [1.807, 2.05) is 0 Å². The fraction of sp³-hybridized carbons (Fsp3) is 0. The van der Waals surface area contributed by atoms with Gasteiger partial charge in [-0.3, -0.25) is 0 Å². The molecule has 9 nitrogen and oxygen atoms in total. The predicted octanol–water partition coefficient (Wildman–Crippen LogP) is -6.35. The van der Waals surface area contributed by atoms with Crippen molar-refractivity contribution in [3.05, 3.63) is 0 Å². The Morgan fingerprint density at radius 3 is 0.667 bits per heavy atom. The van der Waals surface area contributed by atoms with Crippen molar-refractivity contribution in [3.63, 3.8) is 0 Å². The van der Waals surface area contributed by atoms with Gasteiger partial charge in [-0.2, -0.15) is 0 Å². The molecule has 0 saturated carbocycles. The Kier molecular flexibility index (Phi) is 162. The van der Waals surface area contributed by atoms with Gasteiger partial charge in [0.1, 0.15) is 0 Å². The van der Waals surface area contributed by atoms with Crippen LogP contribution >= 0.6 is 7.82 Å². The Hall–Kier alpha value is 1.91. The predicted molar refractivity (Wildman–Crippen MR) is 46.6 cm³/mol. The average molecular weight is 236 g/mol. The van der Waals surface area contributed by atoms with Gasteiger partial charge < -0.3 is 42.1 Å². The molecule has 0 saturated heterocycles. The molecule has 0 rings (SSSR count). The molecule has 76 valence electrons. The molecule has 0 aromatic carbocycles. The van der Waals surface area contributed by atoms with E-state index in [0.29, 0.717) is 0 Å². The molecule has 0 aliphatic heterocycles. The van der Waals surface area contributed by atoms with Gasteiger partial charge in [-0.1, -0.05) is 0 Å². The molecule has 0 unspecified atom stereocenters. The van der Waals surface area contributed by atoms with Crippen molar-refractivity contribution < 1.29 is 46.6 Å². The Morgan fingerprint density at radius 2 is 0.667 bits per heavy atom. The van der Waals surface area contributed by atoms with Crippen LogP contribution < -0.4 is 0 Å². The summed E-state index contributed by atoms with van der Waals surface area (Å²) in [4.78, 5) is 21.6. The maximum absolute atomic E-state index is 8.88. The molecule has 0 bridgehead atoms. The van der Waals surface area contributed by atoms with Crippen molar-refractivity contribution in [2.24, 2.45) is 0 Å². The van der Waals surface area contributed by atoms with Crippen LogP contribution in [0.2, 0.25) is 0 Å². The Labute approximate surface area is 113 Å². The first-order valence-corrected chi connectivity index (χ1v) is 2.35. The van der Waals surface area contributed by atoms with Crippen LogP contribution in [0.15, 0.2) is 0 Å². The summed E-state index contributed by atoms with van der Waals surface area (Å²) in [5.74, 6) is 0. The number of hydrogen-bond acceptors (Lipinski definition) is 1. The third kappa shape index (κ3) is 389. The first kappa shape index (κ1) is 66.4. The van der Waals surface area contributed by atoms with Gasteiger partial charge in [0, 0.05) is 0 Å². The minimum atomic E-state index is -4.64. The second-order valence-corrected chi connectivity index (χ2v) is 1.54. The molecule has 0 spiro atoms. The van der Waals surface area contributed by atoms with Gasteiger partial charge in [0.25, 0.3) is 0 Å². The van der Waals surface area contributed by atoms with Gasteiger partial charge in [0.05, 0.1) is 0 Å². The Bertz CT molecular complexity index is 58.7. The van der Waals surface area contributed by atoms with Gasteiger partial charge in [0.15, 0.2) is 0 Å². The van der Waals surface area contributed by atoms with Crippen LogP contribution in [0.5, 0.6) is 0 Å². The van der Waals surface area contributed by atoms with Gasteiger partial charge in [-0.05, 0) is 0 Å². The minimum absolute atomic E-state index is 0. The van der Waals surface area contributed by atoms with E-state index in [9.17, 15) is 0 Å². The standard InChI is InChI=1S/2Na.H3O4P.5H2O.2H/c;;1-5(2,3)4;;;;;;;/h;;(H3,1,2,3,4);5*1H2;;. The third-order valence-corrected chi connectivity index (χ3v) is 0. The molecule has 0 aromatic heterocycles. The van der Waals surface area contributed by atoms with Crippen LogP contribution in [0.1, 0.15) is 0 Å². The van der Waals surface area contributed by atoms with Crippen molar-refractivity contribution in [3.8, 4) is 0 Å². The fourth-order valence-corrected chi connectivity index (χ4v) is 0. The summed E-state index contributed by atoms with van der Waals surface area (Å²) in [5.41, 5.74) is 0. The van der Waals surface area contributed by atoms with Crippen LogP contribution in [-0.2, 0) is 4.57 Å². The summed E-state index contributed by atoms with van der Waals surface area (Å²) in [5, 5.41) is 0. The Balaban J connectivity index is -0.00000000381. The molecule has 0 atom stereocenters. The molecule has 0 aliphatic rings. The van der Waals surface area contributed by atoms with Crippen LogP contribution in [0.3, 0.4) is 0 Å². The normalized spacial score (nSPS) is 4.92. The summed E-state index contributed by atoms with van der Waals surface area (Å²) in [6, 6.07) is 0. The molecule has 0 amide bonds. The average Bonchev–Trinajstić information content (AvgIpc) is 0.722. The molecule has 0 aliphatic carbocycles. The van der Waals surface area contributed by atoms with E-state index in [1.165, 1.54) is 0 Å². The van der Waals surface area contributed by atoms with Gasteiger partial charge in [-0.25, -0.2) is 4.57 Å². The van der Waals surface area contributed by atoms with Gasteiger partial charge >= 0.3 is 66.9 Å². The molecule has 12 heteroatoms.